The second kappa shape index (κ2) is 4.42. The largest absolute Gasteiger partial charge is 0.388 e. The van der Waals surface area contributed by atoms with Crippen LogP contribution in [0.1, 0.15) is 52.4 Å². The summed E-state index contributed by atoms with van der Waals surface area (Å²) in [5.74, 6) is 1.12. The van der Waals surface area contributed by atoms with E-state index in [2.05, 4.69) is 19.2 Å². The van der Waals surface area contributed by atoms with Gasteiger partial charge in [0.1, 0.15) is 0 Å². The number of rotatable bonds is 1. The third kappa shape index (κ3) is 2.07. The zero-order valence-corrected chi connectivity index (χ0v) is 10.1. The van der Waals surface area contributed by atoms with Crippen molar-refractivity contribution in [1.29, 1.82) is 0 Å². The van der Waals surface area contributed by atoms with E-state index in [0.717, 1.165) is 19.4 Å². The average molecular weight is 211 g/mol. The maximum absolute atomic E-state index is 10.9. The number of hydrogen-bond acceptors (Lipinski definition) is 2. The second-order valence-electron chi connectivity index (χ2n) is 5.65. The molecule has 2 fully saturated rings. The molecule has 15 heavy (non-hydrogen) atoms. The molecule has 88 valence electrons. The topological polar surface area (TPSA) is 32.3 Å². The Morgan fingerprint density at radius 2 is 1.93 bits per heavy atom. The molecule has 4 unspecified atom stereocenters. The van der Waals surface area contributed by atoms with E-state index in [9.17, 15) is 5.11 Å². The van der Waals surface area contributed by atoms with Crippen LogP contribution < -0.4 is 5.32 Å². The van der Waals surface area contributed by atoms with E-state index in [-0.39, 0.29) is 0 Å². The predicted octanol–water partition coefficient (Wildman–Crippen LogP) is 2.32. The Hall–Kier alpha value is -0.0800. The molecule has 2 nitrogen and oxygen atoms in total. The molecular weight excluding hydrogens is 186 g/mol. The van der Waals surface area contributed by atoms with Crippen molar-refractivity contribution in [3.8, 4) is 0 Å². The van der Waals surface area contributed by atoms with Crippen LogP contribution in [0.4, 0.5) is 0 Å². The van der Waals surface area contributed by atoms with E-state index in [4.69, 9.17) is 0 Å². The predicted molar refractivity (Wildman–Crippen MR) is 62.8 cm³/mol. The van der Waals surface area contributed by atoms with Crippen molar-refractivity contribution in [2.24, 2.45) is 11.8 Å². The van der Waals surface area contributed by atoms with Crippen molar-refractivity contribution in [2.45, 2.75) is 64.0 Å². The molecule has 0 aromatic heterocycles. The molecule has 2 rings (SSSR count). The molecule has 0 bridgehead atoms. The first-order chi connectivity index (χ1) is 7.14. The molecule has 1 saturated heterocycles. The molecule has 2 aliphatic rings. The van der Waals surface area contributed by atoms with Crippen LogP contribution in [-0.4, -0.2) is 23.3 Å². The summed E-state index contributed by atoms with van der Waals surface area (Å²) in [5.41, 5.74) is -0.432. The lowest BCUT2D eigenvalue weighted by Crippen LogP contribution is -2.58. The van der Waals surface area contributed by atoms with E-state index < -0.39 is 5.60 Å². The Morgan fingerprint density at radius 3 is 2.60 bits per heavy atom. The van der Waals surface area contributed by atoms with Gasteiger partial charge in [0.2, 0.25) is 0 Å². The van der Waals surface area contributed by atoms with Crippen LogP contribution in [0.5, 0.6) is 0 Å². The fourth-order valence-electron chi connectivity index (χ4n) is 3.45. The van der Waals surface area contributed by atoms with Crippen molar-refractivity contribution in [3.63, 3.8) is 0 Å². The van der Waals surface area contributed by atoms with Crippen LogP contribution in [0, 0.1) is 11.8 Å². The van der Waals surface area contributed by atoms with Gasteiger partial charge in [-0.1, -0.05) is 33.1 Å². The number of nitrogens with one attached hydrogen (secondary N) is 1. The Morgan fingerprint density at radius 1 is 1.13 bits per heavy atom. The average Bonchev–Trinajstić information content (AvgIpc) is 2.27. The monoisotopic (exact) mass is 211 g/mol. The van der Waals surface area contributed by atoms with Crippen LogP contribution in [0.2, 0.25) is 0 Å². The van der Waals surface area contributed by atoms with Gasteiger partial charge in [-0.25, -0.2) is 0 Å². The zero-order chi connectivity index (χ0) is 10.9. The molecular formula is C13H25NO. The summed E-state index contributed by atoms with van der Waals surface area (Å²) in [5, 5.41) is 14.4. The third-order valence-electron chi connectivity index (χ3n) is 4.79. The van der Waals surface area contributed by atoms with Crippen LogP contribution in [0.25, 0.3) is 0 Å². The summed E-state index contributed by atoms with van der Waals surface area (Å²) in [4.78, 5) is 0. The van der Waals surface area contributed by atoms with Gasteiger partial charge in [0.25, 0.3) is 0 Å². The van der Waals surface area contributed by atoms with Crippen LogP contribution >= 0.6 is 0 Å². The highest BCUT2D eigenvalue weighted by atomic mass is 16.3. The summed E-state index contributed by atoms with van der Waals surface area (Å²) < 4.78 is 0. The second-order valence-corrected chi connectivity index (χ2v) is 5.65. The maximum Gasteiger partial charge on any atom is 0.0827 e. The Balaban J connectivity index is 2.08. The highest BCUT2D eigenvalue weighted by Gasteiger charge is 2.45. The van der Waals surface area contributed by atoms with Gasteiger partial charge in [-0.05, 0) is 37.6 Å². The van der Waals surface area contributed by atoms with E-state index in [0.29, 0.717) is 17.9 Å². The molecule has 2 heteroatoms. The molecule has 1 heterocycles. The summed E-state index contributed by atoms with van der Waals surface area (Å²) >= 11 is 0. The summed E-state index contributed by atoms with van der Waals surface area (Å²) in [6, 6.07) is 0.351. The van der Waals surface area contributed by atoms with Gasteiger partial charge in [0.05, 0.1) is 5.60 Å². The lowest BCUT2D eigenvalue weighted by molar-refractivity contribution is -0.0949. The van der Waals surface area contributed by atoms with E-state index >= 15 is 0 Å². The summed E-state index contributed by atoms with van der Waals surface area (Å²) in [6.07, 6.45) is 7.19. The van der Waals surface area contributed by atoms with Gasteiger partial charge >= 0.3 is 0 Å². The van der Waals surface area contributed by atoms with Crippen molar-refractivity contribution in [2.75, 3.05) is 6.54 Å². The highest BCUT2D eigenvalue weighted by molar-refractivity contribution is 5.00. The zero-order valence-electron chi connectivity index (χ0n) is 10.1. The van der Waals surface area contributed by atoms with E-state index in [1.54, 1.807) is 0 Å². The van der Waals surface area contributed by atoms with Crippen molar-refractivity contribution in [1.82, 2.24) is 5.32 Å². The molecule has 1 aliphatic heterocycles. The Bertz CT molecular complexity index is 213. The van der Waals surface area contributed by atoms with E-state index in [1.807, 2.05) is 0 Å². The maximum atomic E-state index is 10.9. The lowest BCUT2D eigenvalue weighted by Gasteiger charge is -2.48. The molecule has 0 aromatic carbocycles. The molecule has 1 aliphatic carbocycles. The molecule has 0 amide bonds. The van der Waals surface area contributed by atoms with E-state index in [1.165, 1.54) is 25.7 Å². The highest BCUT2D eigenvalue weighted by Crippen LogP contribution is 2.41. The summed E-state index contributed by atoms with van der Waals surface area (Å²) in [7, 11) is 0. The smallest absolute Gasteiger partial charge is 0.0827 e. The standard InChI is InChI=1S/C13H25NO/c1-10-6-5-8-13(15,11(10)2)12-7-3-4-9-14-12/h10-12,14-15H,3-9H2,1-2H3. The SMILES string of the molecule is CC1CCCC(O)(C2CCCCN2)C1C. The minimum absolute atomic E-state index is 0.351. The Kier molecular flexibility index (Phi) is 3.36. The normalized spacial score (nSPS) is 47.8. The minimum atomic E-state index is -0.432. The fraction of sp³-hybridized carbons (Fsp3) is 1.00. The Labute approximate surface area is 93.5 Å². The van der Waals surface area contributed by atoms with Gasteiger partial charge in [-0.15, -0.1) is 0 Å². The van der Waals surface area contributed by atoms with Crippen LogP contribution in [0.3, 0.4) is 0 Å². The lowest BCUT2D eigenvalue weighted by atomic mass is 9.66. The first kappa shape index (κ1) is 11.4. The molecule has 2 N–H and O–H groups in total. The fourth-order valence-corrected chi connectivity index (χ4v) is 3.45. The quantitative estimate of drug-likeness (QED) is 0.697. The van der Waals surface area contributed by atoms with Gasteiger partial charge in [0.15, 0.2) is 0 Å². The minimum Gasteiger partial charge on any atom is -0.388 e. The van der Waals surface area contributed by atoms with Gasteiger partial charge in [0, 0.05) is 6.04 Å². The van der Waals surface area contributed by atoms with Crippen molar-refractivity contribution in [3.05, 3.63) is 0 Å². The number of hydrogen-bond donors (Lipinski definition) is 2. The molecule has 0 spiro atoms. The number of piperidine rings is 1. The summed E-state index contributed by atoms with van der Waals surface area (Å²) in [6.45, 7) is 5.62. The van der Waals surface area contributed by atoms with Gasteiger partial charge < -0.3 is 10.4 Å². The molecule has 4 atom stereocenters. The van der Waals surface area contributed by atoms with Crippen LogP contribution in [0.15, 0.2) is 0 Å². The van der Waals surface area contributed by atoms with Crippen LogP contribution in [-0.2, 0) is 0 Å². The third-order valence-corrected chi connectivity index (χ3v) is 4.79. The molecule has 1 saturated carbocycles. The van der Waals surface area contributed by atoms with Crippen molar-refractivity contribution < 1.29 is 5.11 Å². The number of aliphatic hydroxyl groups is 1. The first-order valence-electron chi connectivity index (χ1n) is 6.60. The first-order valence-corrected chi connectivity index (χ1v) is 6.60. The van der Waals surface area contributed by atoms with Crippen molar-refractivity contribution >= 4 is 0 Å². The molecule has 0 aromatic rings. The molecule has 0 radical (unpaired) electrons. The van der Waals surface area contributed by atoms with Gasteiger partial charge in [-0.2, -0.15) is 0 Å². The van der Waals surface area contributed by atoms with Gasteiger partial charge in [-0.3, -0.25) is 0 Å².